The molecular weight excluding hydrogens is 252 g/mol. The van der Waals surface area contributed by atoms with Crippen molar-refractivity contribution >= 4 is 16.6 Å². The van der Waals surface area contributed by atoms with Gasteiger partial charge in [-0.15, -0.1) is 4.91 Å². The molecule has 0 unspecified atom stereocenters. The summed E-state index contributed by atoms with van der Waals surface area (Å²) >= 11 is 0. The number of hydrogen-bond acceptors (Lipinski definition) is 3. The Balaban J connectivity index is 2.29. The van der Waals surface area contributed by atoms with Crippen LogP contribution in [0.1, 0.15) is 12.5 Å². The Morgan fingerprint density at radius 1 is 1.10 bits per heavy atom. The zero-order valence-corrected chi connectivity index (χ0v) is 11.1. The van der Waals surface area contributed by atoms with Crippen molar-refractivity contribution in [2.45, 2.75) is 13.3 Å². The van der Waals surface area contributed by atoms with Crippen LogP contribution in [0, 0.1) is 4.91 Å². The highest BCUT2D eigenvalue weighted by molar-refractivity contribution is 5.96. The van der Waals surface area contributed by atoms with Gasteiger partial charge < -0.3 is 5.11 Å². The fourth-order valence-electron chi connectivity index (χ4n) is 2.44. The smallest absolute Gasteiger partial charge is 0.227 e. The van der Waals surface area contributed by atoms with E-state index in [1.165, 1.54) is 5.56 Å². The van der Waals surface area contributed by atoms with Gasteiger partial charge in [-0.2, -0.15) is 0 Å². The monoisotopic (exact) mass is 266 g/mol. The molecule has 0 fully saturated rings. The minimum atomic E-state index is -0.120. The van der Waals surface area contributed by atoms with Gasteiger partial charge in [-0.05, 0) is 35.4 Å². The third-order valence-corrected chi connectivity index (χ3v) is 3.52. The van der Waals surface area contributed by atoms with E-state index in [-0.39, 0.29) is 11.6 Å². The SMILES string of the molecule is CCc1ccc(-n2c(O)c(N=O)c3ccccc32)cc1. The molecule has 2 aromatic carbocycles. The highest BCUT2D eigenvalue weighted by Crippen LogP contribution is 2.40. The van der Waals surface area contributed by atoms with Crippen molar-refractivity contribution in [2.75, 3.05) is 0 Å². The van der Waals surface area contributed by atoms with Crippen LogP contribution in [0.3, 0.4) is 0 Å². The van der Waals surface area contributed by atoms with Gasteiger partial charge in [0.2, 0.25) is 5.88 Å². The molecule has 0 aliphatic carbocycles. The fourth-order valence-corrected chi connectivity index (χ4v) is 2.44. The summed E-state index contributed by atoms with van der Waals surface area (Å²) in [4.78, 5) is 11.0. The molecule has 4 heteroatoms. The molecule has 0 amide bonds. The number of para-hydroxylation sites is 1. The number of aryl methyl sites for hydroxylation is 1. The lowest BCUT2D eigenvalue weighted by molar-refractivity contribution is 0.446. The highest BCUT2D eigenvalue weighted by Gasteiger charge is 2.17. The fraction of sp³-hybridized carbons (Fsp3) is 0.125. The Kier molecular flexibility index (Phi) is 2.99. The Hall–Kier alpha value is -2.62. The lowest BCUT2D eigenvalue weighted by atomic mass is 10.1. The summed E-state index contributed by atoms with van der Waals surface area (Å²) in [6.45, 7) is 2.09. The molecule has 0 aliphatic rings. The first-order valence-corrected chi connectivity index (χ1v) is 6.51. The maximum Gasteiger partial charge on any atom is 0.227 e. The number of hydrogen-bond donors (Lipinski definition) is 1. The minimum absolute atomic E-state index is 0.0835. The predicted molar refractivity (Wildman–Crippen MR) is 79.8 cm³/mol. The van der Waals surface area contributed by atoms with Crippen molar-refractivity contribution in [2.24, 2.45) is 5.18 Å². The number of nitroso groups, excluding NO2 is 1. The van der Waals surface area contributed by atoms with Crippen molar-refractivity contribution < 1.29 is 5.11 Å². The van der Waals surface area contributed by atoms with Crippen LogP contribution in [0.25, 0.3) is 16.6 Å². The van der Waals surface area contributed by atoms with E-state index in [0.29, 0.717) is 5.39 Å². The van der Waals surface area contributed by atoms with Gasteiger partial charge in [0.05, 0.1) is 5.52 Å². The van der Waals surface area contributed by atoms with E-state index in [1.807, 2.05) is 42.5 Å². The maximum absolute atomic E-state index is 11.0. The zero-order chi connectivity index (χ0) is 14.1. The Morgan fingerprint density at radius 3 is 2.45 bits per heavy atom. The molecule has 1 N–H and O–H groups in total. The standard InChI is InChI=1S/C16H14N2O2/c1-2-11-7-9-12(10-8-11)18-14-6-4-3-5-13(14)15(17-20)16(18)19/h3-10,19H,2H2,1H3. The number of aromatic nitrogens is 1. The molecule has 3 aromatic rings. The van der Waals surface area contributed by atoms with Gasteiger partial charge in [0, 0.05) is 11.1 Å². The van der Waals surface area contributed by atoms with Gasteiger partial charge in [-0.25, -0.2) is 0 Å². The van der Waals surface area contributed by atoms with Crippen LogP contribution in [0.4, 0.5) is 5.69 Å². The average molecular weight is 266 g/mol. The molecule has 100 valence electrons. The van der Waals surface area contributed by atoms with Crippen molar-refractivity contribution in [3.05, 3.63) is 59.0 Å². The van der Waals surface area contributed by atoms with Crippen LogP contribution in [-0.4, -0.2) is 9.67 Å². The van der Waals surface area contributed by atoms with Gasteiger partial charge in [0.15, 0.2) is 5.69 Å². The molecule has 4 nitrogen and oxygen atoms in total. The number of benzene rings is 2. The van der Waals surface area contributed by atoms with E-state index < -0.39 is 0 Å². The third kappa shape index (κ3) is 1.77. The van der Waals surface area contributed by atoms with Crippen molar-refractivity contribution in [1.29, 1.82) is 0 Å². The maximum atomic E-state index is 11.0. The van der Waals surface area contributed by atoms with E-state index in [2.05, 4.69) is 12.1 Å². The lowest BCUT2D eigenvalue weighted by Gasteiger charge is -2.07. The molecule has 3 rings (SSSR count). The minimum Gasteiger partial charge on any atom is -0.493 e. The van der Waals surface area contributed by atoms with Gasteiger partial charge >= 0.3 is 0 Å². The summed E-state index contributed by atoms with van der Waals surface area (Å²) in [6.07, 6.45) is 0.958. The molecule has 1 heterocycles. The zero-order valence-electron chi connectivity index (χ0n) is 11.1. The average Bonchev–Trinajstić information content (AvgIpc) is 2.79. The number of rotatable bonds is 3. The summed E-state index contributed by atoms with van der Waals surface area (Å²) in [6, 6.07) is 15.2. The third-order valence-electron chi connectivity index (χ3n) is 3.52. The Morgan fingerprint density at radius 2 is 1.80 bits per heavy atom. The molecule has 0 saturated carbocycles. The van der Waals surface area contributed by atoms with E-state index in [4.69, 9.17) is 0 Å². The lowest BCUT2D eigenvalue weighted by Crippen LogP contribution is -1.93. The normalized spacial score (nSPS) is 10.8. The molecule has 1 aromatic heterocycles. The summed E-state index contributed by atoms with van der Waals surface area (Å²) in [5, 5.41) is 13.9. The second-order valence-electron chi connectivity index (χ2n) is 4.64. The van der Waals surface area contributed by atoms with Gasteiger partial charge in [0.1, 0.15) is 0 Å². The quantitative estimate of drug-likeness (QED) is 0.719. The summed E-state index contributed by atoms with van der Waals surface area (Å²) in [5.41, 5.74) is 2.88. The number of nitrogens with zero attached hydrogens (tertiary/aromatic N) is 2. The van der Waals surface area contributed by atoms with Gasteiger partial charge in [-0.1, -0.05) is 37.3 Å². The van der Waals surface area contributed by atoms with E-state index in [9.17, 15) is 10.0 Å². The molecular formula is C16H14N2O2. The first-order valence-electron chi connectivity index (χ1n) is 6.51. The Labute approximate surface area is 116 Å². The van der Waals surface area contributed by atoms with Crippen LogP contribution in [-0.2, 0) is 6.42 Å². The van der Waals surface area contributed by atoms with Crippen molar-refractivity contribution in [1.82, 2.24) is 4.57 Å². The topological polar surface area (TPSA) is 54.6 Å². The summed E-state index contributed by atoms with van der Waals surface area (Å²) in [7, 11) is 0. The Bertz CT molecular complexity index is 773. The largest absolute Gasteiger partial charge is 0.493 e. The van der Waals surface area contributed by atoms with Crippen LogP contribution >= 0.6 is 0 Å². The van der Waals surface area contributed by atoms with Crippen LogP contribution in [0.2, 0.25) is 0 Å². The molecule has 0 spiro atoms. The first-order chi connectivity index (χ1) is 9.76. The second kappa shape index (κ2) is 4.81. The first kappa shape index (κ1) is 12.4. The van der Waals surface area contributed by atoms with Crippen molar-refractivity contribution in [3.8, 4) is 11.6 Å². The molecule has 0 atom stereocenters. The highest BCUT2D eigenvalue weighted by atomic mass is 16.3. The molecule has 0 saturated heterocycles. The van der Waals surface area contributed by atoms with Gasteiger partial charge in [0.25, 0.3) is 0 Å². The van der Waals surface area contributed by atoms with Crippen LogP contribution < -0.4 is 0 Å². The second-order valence-corrected chi connectivity index (χ2v) is 4.64. The molecule has 20 heavy (non-hydrogen) atoms. The van der Waals surface area contributed by atoms with Crippen LogP contribution in [0.15, 0.2) is 53.7 Å². The van der Waals surface area contributed by atoms with E-state index in [0.717, 1.165) is 17.6 Å². The van der Waals surface area contributed by atoms with E-state index in [1.54, 1.807) is 10.6 Å². The molecule has 0 bridgehead atoms. The summed E-state index contributed by atoms with van der Waals surface area (Å²) < 4.78 is 1.64. The van der Waals surface area contributed by atoms with Crippen LogP contribution in [0.5, 0.6) is 5.88 Å². The molecule has 0 aliphatic heterocycles. The number of aromatic hydroxyl groups is 1. The predicted octanol–water partition coefficient (Wildman–Crippen LogP) is 4.30. The summed E-state index contributed by atoms with van der Waals surface area (Å²) in [5.74, 6) is -0.120. The van der Waals surface area contributed by atoms with Crippen molar-refractivity contribution in [3.63, 3.8) is 0 Å². The number of fused-ring (bicyclic) bond motifs is 1. The van der Waals surface area contributed by atoms with E-state index >= 15 is 0 Å². The molecule has 0 radical (unpaired) electrons. The van der Waals surface area contributed by atoms with Gasteiger partial charge in [-0.3, -0.25) is 4.57 Å².